The van der Waals surface area contributed by atoms with E-state index in [-0.39, 0.29) is 37.7 Å². The van der Waals surface area contributed by atoms with Gasteiger partial charge < -0.3 is 71.0 Å². The molecule has 8 rings (SSSR count). The molecule has 14 bridgehead atoms. The van der Waals surface area contributed by atoms with Crippen molar-refractivity contribution < 1.29 is 47.6 Å². The van der Waals surface area contributed by atoms with Crippen molar-refractivity contribution in [1.82, 2.24) is 10.6 Å². The van der Waals surface area contributed by atoms with Crippen LogP contribution in [0.4, 0.5) is 53.3 Å². The predicted octanol–water partition coefficient (Wildman–Crippen LogP) is 26.9. The lowest BCUT2D eigenvalue weighted by atomic mass is 9.90. The standard InChI is InChI=1S/C98H146N8O10/c1-7-13-19-21-23-25-27-31-35-39-53-99-95(107)103-85-65-75-61-76-66-86(104-96(108)100-54-40-36-32-28-26-24-22-20-14-8-2)68-78(92(76)114-58-42-16-10-4)63-80-70-88-72-82(94(80)116-60-44-18-12-6)64-81-71-87(69-79(93(81)115-59-43-17-11-5)62-77(67-85)91(75)113-57-41-15-9-3)105-97(109)101-83-49-47-51-89(73-83)111-55-45-37-33-29-30-34-38-46-56-112-90-52-48-50-84(74-90)102-98(110)106-88/h47-52,65-74H,7-46,53-64H2,1-6H3,(H2,99,103,107)(H2,100,104,108)(H2,101,105,109)(H2,102,106,110). The van der Waals surface area contributed by atoms with Crippen LogP contribution >= 0.6 is 0 Å². The molecule has 116 heavy (non-hydrogen) atoms. The summed E-state index contributed by atoms with van der Waals surface area (Å²) in [6.07, 6.45) is 44.3. The third-order valence-corrected chi connectivity index (χ3v) is 21.9. The zero-order valence-corrected chi connectivity index (χ0v) is 72.1. The second kappa shape index (κ2) is 55.7. The van der Waals surface area contributed by atoms with Crippen LogP contribution in [0.1, 0.15) is 343 Å². The van der Waals surface area contributed by atoms with Gasteiger partial charge in [-0.25, -0.2) is 19.2 Å². The smallest absolute Gasteiger partial charge is 0.323 e. The van der Waals surface area contributed by atoms with Crippen molar-refractivity contribution in [2.45, 2.75) is 324 Å². The van der Waals surface area contributed by atoms with Gasteiger partial charge in [0.2, 0.25) is 0 Å². The Morgan fingerprint density at radius 1 is 0.310 bits per heavy atom. The average molecular weight is 1600 g/mol. The summed E-state index contributed by atoms with van der Waals surface area (Å²) >= 11 is 0. The molecule has 18 nitrogen and oxygen atoms in total. The third kappa shape index (κ3) is 35.2. The number of benzene rings is 6. The van der Waals surface area contributed by atoms with Gasteiger partial charge in [0, 0.05) is 130 Å². The summed E-state index contributed by atoms with van der Waals surface area (Å²) in [7, 11) is 0. The fourth-order valence-corrected chi connectivity index (χ4v) is 15.6. The van der Waals surface area contributed by atoms with Crippen LogP contribution in [0, 0.1) is 0 Å². The number of urea groups is 4. The maximum absolute atomic E-state index is 14.8. The molecule has 0 fully saturated rings. The van der Waals surface area contributed by atoms with Crippen molar-refractivity contribution in [3.63, 3.8) is 0 Å². The normalized spacial score (nSPS) is 13.6. The molecule has 6 aromatic carbocycles. The highest BCUT2D eigenvalue weighted by Crippen LogP contribution is 2.44. The van der Waals surface area contributed by atoms with Gasteiger partial charge in [-0.3, -0.25) is 0 Å². The number of unbranched alkanes of at least 4 members (excludes halogenated alkanes) is 26. The molecule has 0 saturated carbocycles. The fraction of sp³-hybridized carbons (Fsp3) is 0.592. The molecule has 0 aromatic heterocycles. The highest BCUT2D eigenvalue weighted by atomic mass is 16.5. The van der Waals surface area contributed by atoms with E-state index in [1.165, 1.54) is 89.9 Å². The van der Waals surface area contributed by atoms with Crippen LogP contribution in [0.3, 0.4) is 0 Å². The Hall–Kier alpha value is -8.80. The van der Waals surface area contributed by atoms with E-state index >= 15 is 0 Å². The molecular formula is C98H146N8O10. The minimum absolute atomic E-state index is 0.220. The van der Waals surface area contributed by atoms with Crippen LogP contribution in [0.5, 0.6) is 34.5 Å². The summed E-state index contributed by atoms with van der Waals surface area (Å²) in [5, 5.41) is 25.9. The molecule has 2 aliphatic rings. The molecule has 0 spiro atoms. The van der Waals surface area contributed by atoms with E-state index in [0.717, 1.165) is 211 Å². The van der Waals surface area contributed by atoms with E-state index in [9.17, 15) is 19.2 Å². The van der Waals surface area contributed by atoms with Crippen LogP contribution in [0.25, 0.3) is 0 Å². The first-order valence-corrected chi connectivity index (χ1v) is 45.8. The molecule has 6 aromatic rings. The number of anilines is 6. The van der Waals surface area contributed by atoms with Crippen molar-refractivity contribution in [2.75, 3.05) is 84.6 Å². The van der Waals surface area contributed by atoms with Crippen molar-refractivity contribution in [1.29, 1.82) is 0 Å². The summed E-state index contributed by atoms with van der Waals surface area (Å²) < 4.78 is 41.6. The minimum atomic E-state index is -0.448. The summed E-state index contributed by atoms with van der Waals surface area (Å²) in [4.78, 5) is 58.7. The molecule has 1 aliphatic carbocycles. The zero-order chi connectivity index (χ0) is 81.8. The van der Waals surface area contributed by atoms with E-state index in [4.69, 9.17) is 28.4 Å². The first-order chi connectivity index (χ1) is 56.9. The maximum Gasteiger partial charge on any atom is 0.323 e. The van der Waals surface area contributed by atoms with Gasteiger partial charge in [0.05, 0.1) is 39.6 Å². The summed E-state index contributed by atoms with van der Waals surface area (Å²) in [6.45, 7) is 17.1. The Balaban J connectivity index is 1.33. The lowest BCUT2D eigenvalue weighted by molar-refractivity contribution is 0.251. The van der Waals surface area contributed by atoms with E-state index < -0.39 is 12.1 Å². The topological polar surface area (TPSA) is 220 Å². The Morgan fingerprint density at radius 3 is 0.871 bits per heavy atom. The van der Waals surface area contributed by atoms with Gasteiger partial charge in [-0.05, 0) is 124 Å². The second-order valence-corrected chi connectivity index (χ2v) is 32.3. The number of carbonyl (C=O) groups excluding carboxylic acids is 4. The predicted molar refractivity (Wildman–Crippen MR) is 481 cm³/mol. The largest absolute Gasteiger partial charge is 0.494 e. The maximum atomic E-state index is 14.8. The Bertz CT molecular complexity index is 3600. The van der Waals surface area contributed by atoms with Crippen LogP contribution < -0.4 is 71.0 Å². The van der Waals surface area contributed by atoms with Crippen molar-refractivity contribution >= 4 is 58.2 Å². The Morgan fingerprint density at radius 2 is 0.569 bits per heavy atom. The number of hydrogen-bond donors (Lipinski definition) is 8. The van der Waals surface area contributed by atoms with E-state index in [1.54, 1.807) is 0 Å². The number of amides is 8. The van der Waals surface area contributed by atoms with Crippen molar-refractivity contribution in [2.24, 2.45) is 0 Å². The van der Waals surface area contributed by atoms with Gasteiger partial charge in [-0.1, -0.05) is 259 Å². The number of fused-ring (bicyclic) bond motifs is 12. The minimum Gasteiger partial charge on any atom is -0.494 e. The Kier molecular flexibility index (Phi) is 44.6. The van der Waals surface area contributed by atoms with Gasteiger partial charge in [0.15, 0.2) is 0 Å². The zero-order valence-electron chi connectivity index (χ0n) is 72.1. The van der Waals surface area contributed by atoms with Crippen molar-refractivity contribution in [3.05, 3.63) is 142 Å². The highest BCUT2D eigenvalue weighted by molar-refractivity contribution is 6.01. The summed E-state index contributed by atoms with van der Waals surface area (Å²) in [6, 6.07) is 29.8. The molecule has 0 unspecified atom stereocenters. The quantitative estimate of drug-likeness (QED) is 0.0169. The summed E-state index contributed by atoms with van der Waals surface area (Å²) in [5.41, 5.74) is 9.60. The summed E-state index contributed by atoms with van der Waals surface area (Å²) in [5.74, 6) is 3.97. The SMILES string of the molecule is CCCCCCCCCCCCNC(=O)Nc1cc2c(OCCCCC)c(c1)Cc1cc3cc(c1OCCCCC)Cc1cc(cc(c1OCCCCC)Cc1cc(NC(=O)NCCCCCCCCCCCC)cc(c1OCCCCC)C2)NC(=O)Nc1cccc(c1)OCCCCCCCCCCOc1cccc(c1)NC(=O)N3. The fourth-order valence-electron chi connectivity index (χ4n) is 15.6. The number of carbonyl (C=O) groups is 4. The second-order valence-electron chi connectivity index (χ2n) is 32.3. The number of hydrogen-bond acceptors (Lipinski definition) is 10. The molecular weight excluding hydrogens is 1450 g/mol. The van der Waals surface area contributed by atoms with E-state index in [1.807, 2.05) is 97.1 Å². The monoisotopic (exact) mass is 1600 g/mol. The third-order valence-electron chi connectivity index (χ3n) is 21.9. The lowest BCUT2D eigenvalue weighted by Crippen LogP contribution is -2.29. The molecule has 0 radical (unpaired) electrons. The molecule has 8 N–H and O–H groups in total. The molecule has 0 saturated heterocycles. The van der Waals surface area contributed by atoms with Crippen LogP contribution in [0.15, 0.2) is 97.1 Å². The molecule has 0 atom stereocenters. The molecule has 8 amide bonds. The first-order valence-electron chi connectivity index (χ1n) is 45.8. The van der Waals surface area contributed by atoms with Crippen molar-refractivity contribution in [3.8, 4) is 34.5 Å². The molecule has 1 heterocycles. The number of nitrogens with one attached hydrogen (secondary N) is 8. The lowest BCUT2D eigenvalue weighted by Gasteiger charge is -2.25. The molecule has 638 valence electrons. The van der Waals surface area contributed by atoms with Gasteiger partial charge in [0.25, 0.3) is 0 Å². The number of ether oxygens (including phenoxy) is 6. The molecule has 1 aliphatic heterocycles. The average Bonchev–Trinajstić information content (AvgIpc) is 0.769. The van der Waals surface area contributed by atoms with E-state index in [0.29, 0.717) is 121 Å². The van der Waals surface area contributed by atoms with Gasteiger partial charge in [-0.15, -0.1) is 0 Å². The van der Waals surface area contributed by atoms with Gasteiger partial charge in [-0.2, -0.15) is 0 Å². The van der Waals surface area contributed by atoms with E-state index in [2.05, 4.69) is 84.1 Å². The Labute approximate surface area is 697 Å². The van der Waals surface area contributed by atoms with Crippen LogP contribution in [-0.4, -0.2) is 76.9 Å². The number of rotatable bonds is 44. The highest BCUT2D eigenvalue weighted by Gasteiger charge is 2.27. The first kappa shape index (κ1) is 92.7. The molecule has 18 heteroatoms. The van der Waals surface area contributed by atoms with Crippen LogP contribution in [-0.2, 0) is 25.7 Å². The van der Waals surface area contributed by atoms with Gasteiger partial charge in [0.1, 0.15) is 34.5 Å². The van der Waals surface area contributed by atoms with Crippen LogP contribution in [0.2, 0.25) is 0 Å². The van der Waals surface area contributed by atoms with Gasteiger partial charge >= 0.3 is 24.1 Å².